The van der Waals surface area contributed by atoms with Crippen molar-refractivity contribution in [3.05, 3.63) is 54.6 Å². The molecular formula is C17H21NO2. The first kappa shape index (κ1) is 14.4. The number of aliphatic hydroxyl groups is 1. The standard InChI is InChI=1S/C17H21NO2/c19-13-5-2-6-14-20-17-11-9-16(10-12-17)18-15-7-3-1-4-8-15/h1,3-4,7-12,18-19H,2,5-6,13-14H2. The summed E-state index contributed by atoms with van der Waals surface area (Å²) < 4.78 is 5.65. The monoisotopic (exact) mass is 271 g/mol. The van der Waals surface area contributed by atoms with Crippen LogP contribution < -0.4 is 10.1 Å². The van der Waals surface area contributed by atoms with Gasteiger partial charge in [-0.2, -0.15) is 0 Å². The number of ether oxygens (including phenoxy) is 1. The van der Waals surface area contributed by atoms with Crippen LogP contribution in [0.25, 0.3) is 0 Å². The highest BCUT2D eigenvalue weighted by atomic mass is 16.5. The summed E-state index contributed by atoms with van der Waals surface area (Å²) in [6, 6.07) is 18.0. The van der Waals surface area contributed by atoms with Crippen LogP contribution in [0.15, 0.2) is 54.6 Å². The number of rotatable bonds is 8. The fourth-order valence-corrected chi connectivity index (χ4v) is 1.90. The molecule has 0 spiro atoms. The van der Waals surface area contributed by atoms with E-state index in [2.05, 4.69) is 5.32 Å². The maximum Gasteiger partial charge on any atom is 0.119 e. The fraction of sp³-hybridized carbons (Fsp3) is 0.294. The molecule has 20 heavy (non-hydrogen) atoms. The van der Waals surface area contributed by atoms with Crippen LogP contribution in [-0.2, 0) is 0 Å². The van der Waals surface area contributed by atoms with Gasteiger partial charge in [0.05, 0.1) is 6.61 Å². The Morgan fingerprint density at radius 1 is 0.800 bits per heavy atom. The lowest BCUT2D eigenvalue weighted by atomic mass is 10.2. The number of aliphatic hydroxyl groups excluding tert-OH is 1. The van der Waals surface area contributed by atoms with Gasteiger partial charge in [0.25, 0.3) is 0 Å². The Bertz CT molecular complexity index is 482. The predicted octanol–water partition coefficient (Wildman–Crippen LogP) is 3.97. The van der Waals surface area contributed by atoms with Crippen LogP contribution in [-0.4, -0.2) is 18.3 Å². The van der Waals surface area contributed by atoms with E-state index in [0.29, 0.717) is 6.61 Å². The maximum atomic E-state index is 8.69. The van der Waals surface area contributed by atoms with E-state index in [-0.39, 0.29) is 6.61 Å². The summed E-state index contributed by atoms with van der Waals surface area (Å²) in [5.41, 5.74) is 2.12. The van der Waals surface area contributed by atoms with Gasteiger partial charge in [-0.15, -0.1) is 0 Å². The van der Waals surface area contributed by atoms with Gasteiger partial charge >= 0.3 is 0 Å². The van der Waals surface area contributed by atoms with E-state index >= 15 is 0 Å². The van der Waals surface area contributed by atoms with Crippen molar-refractivity contribution < 1.29 is 9.84 Å². The molecule has 3 heteroatoms. The second-order valence-corrected chi connectivity index (χ2v) is 4.65. The minimum absolute atomic E-state index is 0.264. The van der Waals surface area contributed by atoms with Crippen molar-refractivity contribution >= 4 is 11.4 Å². The number of hydrogen-bond acceptors (Lipinski definition) is 3. The highest BCUT2D eigenvalue weighted by Gasteiger charge is 1.96. The Morgan fingerprint density at radius 3 is 2.20 bits per heavy atom. The number of nitrogens with one attached hydrogen (secondary N) is 1. The Hall–Kier alpha value is -2.00. The van der Waals surface area contributed by atoms with Gasteiger partial charge in [-0.1, -0.05) is 18.2 Å². The van der Waals surface area contributed by atoms with Gasteiger partial charge in [0, 0.05) is 18.0 Å². The summed E-state index contributed by atoms with van der Waals surface area (Å²) in [6.45, 7) is 0.964. The van der Waals surface area contributed by atoms with Gasteiger partial charge in [-0.05, 0) is 55.7 Å². The van der Waals surface area contributed by atoms with Gasteiger partial charge < -0.3 is 15.2 Å². The molecular weight excluding hydrogens is 250 g/mol. The molecule has 0 heterocycles. The molecule has 106 valence electrons. The van der Waals surface area contributed by atoms with Crippen LogP contribution in [0.4, 0.5) is 11.4 Å². The normalized spacial score (nSPS) is 10.2. The molecule has 2 aromatic rings. The Morgan fingerprint density at radius 2 is 1.50 bits per heavy atom. The number of para-hydroxylation sites is 1. The third-order valence-corrected chi connectivity index (χ3v) is 2.99. The Kier molecular flexibility index (Phi) is 5.93. The zero-order valence-electron chi connectivity index (χ0n) is 11.6. The van der Waals surface area contributed by atoms with Gasteiger partial charge in [0.2, 0.25) is 0 Å². The number of unbranched alkanes of at least 4 members (excludes halogenated alkanes) is 2. The molecule has 0 saturated heterocycles. The van der Waals surface area contributed by atoms with Crippen molar-refractivity contribution in [3.8, 4) is 5.75 Å². The van der Waals surface area contributed by atoms with E-state index < -0.39 is 0 Å². The molecule has 2 rings (SSSR count). The van der Waals surface area contributed by atoms with Gasteiger partial charge in [0.15, 0.2) is 0 Å². The summed E-state index contributed by atoms with van der Waals surface area (Å²) in [5.74, 6) is 0.882. The third kappa shape index (κ3) is 4.94. The van der Waals surface area contributed by atoms with Crippen LogP contribution in [0.2, 0.25) is 0 Å². The lowest BCUT2D eigenvalue weighted by Crippen LogP contribution is -1.98. The van der Waals surface area contributed by atoms with Gasteiger partial charge in [0.1, 0.15) is 5.75 Å². The van der Waals surface area contributed by atoms with Crippen molar-refractivity contribution in [2.24, 2.45) is 0 Å². The molecule has 0 aliphatic heterocycles. The molecule has 2 N–H and O–H groups in total. The van der Waals surface area contributed by atoms with E-state index in [1.54, 1.807) is 0 Å². The predicted molar refractivity (Wildman–Crippen MR) is 82.6 cm³/mol. The van der Waals surface area contributed by atoms with Crippen molar-refractivity contribution in [1.29, 1.82) is 0 Å². The summed E-state index contributed by atoms with van der Waals surface area (Å²) in [7, 11) is 0. The van der Waals surface area contributed by atoms with Crippen molar-refractivity contribution in [2.45, 2.75) is 19.3 Å². The molecule has 0 aliphatic rings. The van der Waals surface area contributed by atoms with Crippen LogP contribution in [0.1, 0.15) is 19.3 Å². The molecule has 2 aromatic carbocycles. The highest BCUT2D eigenvalue weighted by molar-refractivity contribution is 5.59. The van der Waals surface area contributed by atoms with E-state index in [0.717, 1.165) is 36.4 Å². The fourth-order valence-electron chi connectivity index (χ4n) is 1.90. The summed E-state index contributed by atoms with van der Waals surface area (Å²) >= 11 is 0. The third-order valence-electron chi connectivity index (χ3n) is 2.99. The minimum Gasteiger partial charge on any atom is -0.494 e. The Labute approximate surface area is 120 Å². The zero-order valence-corrected chi connectivity index (χ0v) is 11.6. The topological polar surface area (TPSA) is 41.5 Å². The van der Waals surface area contributed by atoms with E-state index in [4.69, 9.17) is 9.84 Å². The number of hydrogen-bond donors (Lipinski definition) is 2. The Balaban J connectivity index is 1.78. The van der Waals surface area contributed by atoms with Crippen LogP contribution >= 0.6 is 0 Å². The molecule has 0 aliphatic carbocycles. The number of anilines is 2. The number of benzene rings is 2. The largest absolute Gasteiger partial charge is 0.494 e. The maximum absolute atomic E-state index is 8.69. The van der Waals surface area contributed by atoms with E-state index in [9.17, 15) is 0 Å². The first-order valence-corrected chi connectivity index (χ1v) is 7.04. The van der Waals surface area contributed by atoms with Gasteiger partial charge in [-0.25, -0.2) is 0 Å². The lowest BCUT2D eigenvalue weighted by Gasteiger charge is -2.09. The molecule has 0 atom stereocenters. The lowest BCUT2D eigenvalue weighted by molar-refractivity contribution is 0.266. The smallest absolute Gasteiger partial charge is 0.119 e. The molecule has 0 amide bonds. The van der Waals surface area contributed by atoms with Gasteiger partial charge in [-0.3, -0.25) is 0 Å². The average Bonchev–Trinajstić information content (AvgIpc) is 2.50. The van der Waals surface area contributed by atoms with Crippen LogP contribution in [0, 0.1) is 0 Å². The average molecular weight is 271 g/mol. The van der Waals surface area contributed by atoms with E-state index in [1.165, 1.54) is 0 Å². The molecule has 0 unspecified atom stereocenters. The molecule has 3 nitrogen and oxygen atoms in total. The molecule has 0 bridgehead atoms. The first-order valence-electron chi connectivity index (χ1n) is 7.04. The molecule has 0 saturated carbocycles. The zero-order chi connectivity index (χ0) is 14.0. The highest BCUT2D eigenvalue weighted by Crippen LogP contribution is 2.20. The molecule has 0 fully saturated rings. The second-order valence-electron chi connectivity index (χ2n) is 4.65. The molecule has 0 aromatic heterocycles. The van der Waals surface area contributed by atoms with Crippen LogP contribution in [0.3, 0.4) is 0 Å². The van der Waals surface area contributed by atoms with Crippen LogP contribution in [0.5, 0.6) is 5.75 Å². The quantitative estimate of drug-likeness (QED) is 0.714. The van der Waals surface area contributed by atoms with Crippen molar-refractivity contribution in [3.63, 3.8) is 0 Å². The second kappa shape index (κ2) is 8.23. The first-order chi connectivity index (χ1) is 9.88. The van der Waals surface area contributed by atoms with E-state index in [1.807, 2.05) is 54.6 Å². The molecule has 0 radical (unpaired) electrons. The summed E-state index contributed by atoms with van der Waals surface area (Å²) in [5, 5.41) is 12.0. The minimum atomic E-state index is 0.264. The van der Waals surface area contributed by atoms with Crippen molar-refractivity contribution in [2.75, 3.05) is 18.5 Å². The van der Waals surface area contributed by atoms with Crippen molar-refractivity contribution in [1.82, 2.24) is 0 Å². The summed E-state index contributed by atoms with van der Waals surface area (Å²) in [6.07, 6.45) is 2.83. The SMILES string of the molecule is OCCCCCOc1ccc(Nc2ccccc2)cc1. The summed E-state index contributed by atoms with van der Waals surface area (Å²) in [4.78, 5) is 0.